The fourth-order valence-corrected chi connectivity index (χ4v) is 4.48. The van der Waals surface area contributed by atoms with E-state index in [0.29, 0.717) is 13.1 Å². The molecule has 0 fully saturated rings. The number of likely N-dealkylation sites (N-methyl/N-ethyl adjacent to an activating group) is 1. The van der Waals surface area contributed by atoms with Gasteiger partial charge in [0.05, 0.1) is 6.54 Å². The van der Waals surface area contributed by atoms with Gasteiger partial charge in [0.25, 0.3) is 0 Å². The minimum Gasteiger partial charge on any atom is -0.378 e. The van der Waals surface area contributed by atoms with Crippen LogP contribution >= 0.6 is 22.7 Å². The monoisotopic (exact) mass is 413 g/mol. The van der Waals surface area contributed by atoms with Crippen LogP contribution in [-0.4, -0.2) is 43.4 Å². The van der Waals surface area contributed by atoms with Crippen molar-refractivity contribution in [1.82, 2.24) is 9.80 Å². The summed E-state index contributed by atoms with van der Waals surface area (Å²) in [7, 11) is 5.94. The molecule has 1 amide bonds. The van der Waals surface area contributed by atoms with E-state index in [-0.39, 0.29) is 5.91 Å². The van der Waals surface area contributed by atoms with Gasteiger partial charge in [0.1, 0.15) is 0 Å². The van der Waals surface area contributed by atoms with Gasteiger partial charge in [-0.15, -0.1) is 22.7 Å². The Morgan fingerprint density at radius 1 is 0.821 bits per heavy atom. The highest BCUT2D eigenvalue weighted by Gasteiger charge is 2.16. The third-order valence-electron chi connectivity index (χ3n) is 4.58. The smallest absolute Gasteiger partial charge is 0.236 e. The van der Waals surface area contributed by atoms with Crippen LogP contribution in [0, 0.1) is 0 Å². The van der Waals surface area contributed by atoms with E-state index >= 15 is 0 Å². The summed E-state index contributed by atoms with van der Waals surface area (Å²) in [5, 5.41) is 4.17. The molecule has 0 saturated carbocycles. The van der Waals surface area contributed by atoms with Crippen molar-refractivity contribution < 1.29 is 4.79 Å². The van der Waals surface area contributed by atoms with Gasteiger partial charge in [0, 0.05) is 56.2 Å². The molecule has 0 unspecified atom stereocenters. The first-order valence-corrected chi connectivity index (χ1v) is 11.0. The van der Waals surface area contributed by atoms with Gasteiger partial charge in [0.2, 0.25) is 5.91 Å². The lowest BCUT2D eigenvalue weighted by Crippen LogP contribution is -2.37. The minimum absolute atomic E-state index is 0.143. The molecule has 0 atom stereocenters. The number of thiophene rings is 2. The number of hydrogen-bond acceptors (Lipinski definition) is 5. The molecule has 2 aromatic heterocycles. The Bertz CT molecular complexity index is 806. The Balaban J connectivity index is 1.61. The summed E-state index contributed by atoms with van der Waals surface area (Å²) in [6, 6.07) is 16.8. The zero-order valence-corrected chi connectivity index (χ0v) is 18.3. The fraction of sp³-hybridized carbons (Fsp3) is 0.318. The van der Waals surface area contributed by atoms with Crippen LogP contribution in [0.5, 0.6) is 0 Å². The van der Waals surface area contributed by atoms with Crippen LogP contribution < -0.4 is 4.90 Å². The Kier molecular flexibility index (Phi) is 7.25. The molecule has 148 valence electrons. The lowest BCUT2D eigenvalue weighted by Gasteiger charge is -2.24. The highest BCUT2D eigenvalue weighted by atomic mass is 32.1. The van der Waals surface area contributed by atoms with Crippen LogP contribution in [0.1, 0.15) is 15.3 Å². The Morgan fingerprint density at radius 3 is 1.86 bits per heavy atom. The van der Waals surface area contributed by atoms with Gasteiger partial charge in [-0.25, -0.2) is 0 Å². The van der Waals surface area contributed by atoms with Crippen molar-refractivity contribution in [3.63, 3.8) is 0 Å². The van der Waals surface area contributed by atoms with Crippen molar-refractivity contribution in [3.8, 4) is 0 Å². The number of nitrogens with zero attached hydrogens (tertiary/aromatic N) is 3. The van der Waals surface area contributed by atoms with Crippen LogP contribution in [-0.2, 0) is 24.4 Å². The summed E-state index contributed by atoms with van der Waals surface area (Å²) in [5.74, 6) is 0.143. The molecule has 0 aliphatic heterocycles. The fourth-order valence-electron chi connectivity index (χ4n) is 2.99. The predicted molar refractivity (Wildman–Crippen MR) is 120 cm³/mol. The van der Waals surface area contributed by atoms with Gasteiger partial charge in [-0.05, 0) is 40.6 Å². The molecule has 28 heavy (non-hydrogen) atoms. The number of anilines is 1. The quantitative estimate of drug-likeness (QED) is 0.515. The molecule has 4 nitrogen and oxygen atoms in total. The normalized spacial score (nSPS) is 11.0. The van der Waals surface area contributed by atoms with E-state index in [0.717, 1.165) is 24.3 Å². The SMILES string of the molecule is CN(Cc1ccc(N(C)C)cc1)C(=O)CN(Cc1cccs1)Cc1cccs1. The van der Waals surface area contributed by atoms with E-state index in [1.165, 1.54) is 9.75 Å². The maximum atomic E-state index is 12.9. The van der Waals surface area contributed by atoms with E-state index in [9.17, 15) is 4.79 Å². The van der Waals surface area contributed by atoms with Gasteiger partial charge in [0.15, 0.2) is 0 Å². The van der Waals surface area contributed by atoms with Crippen LogP contribution in [0.15, 0.2) is 59.3 Å². The Labute approximate surface area is 175 Å². The summed E-state index contributed by atoms with van der Waals surface area (Å²) >= 11 is 3.48. The van der Waals surface area contributed by atoms with Gasteiger partial charge in [-0.2, -0.15) is 0 Å². The molecular weight excluding hydrogens is 386 g/mol. The number of carbonyl (C=O) groups excluding carboxylic acids is 1. The van der Waals surface area contributed by atoms with E-state index in [2.05, 4.69) is 69.1 Å². The number of carbonyl (C=O) groups is 1. The zero-order chi connectivity index (χ0) is 19.9. The molecule has 2 heterocycles. The molecule has 3 aromatic rings. The summed E-state index contributed by atoms with van der Waals surface area (Å²) in [5.41, 5.74) is 2.31. The Hall–Kier alpha value is -2.15. The van der Waals surface area contributed by atoms with Crippen molar-refractivity contribution in [1.29, 1.82) is 0 Å². The maximum absolute atomic E-state index is 12.9. The average Bonchev–Trinajstić information content (AvgIpc) is 3.36. The molecular formula is C22H27N3OS2. The van der Waals surface area contributed by atoms with Crippen molar-refractivity contribution in [3.05, 3.63) is 74.6 Å². The number of hydrogen-bond donors (Lipinski definition) is 0. The first-order chi connectivity index (χ1) is 13.5. The van der Waals surface area contributed by atoms with Crippen molar-refractivity contribution in [2.24, 2.45) is 0 Å². The molecule has 0 aliphatic rings. The topological polar surface area (TPSA) is 26.8 Å². The Morgan fingerprint density at radius 2 is 1.39 bits per heavy atom. The first kappa shape index (κ1) is 20.6. The highest BCUT2D eigenvalue weighted by Crippen LogP contribution is 2.18. The summed E-state index contributed by atoms with van der Waals surface area (Å²) in [6.45, 7) is 2.64. The number of rotatable bonds is 9. The molecule has 1 aromatic carbocycles. The number of amides is 1. The second-order valence-corrected chi connectivity index (χ2v) is 9.18. The lowest BCUT2D eigenvalue weighted by atomic mass is 10.2. The van der Waals surface area contributed by atoms with Gasteiger partial charge in [-0.3, -0.25) is 9.69 Å². The maximum Gasteiger partial charge on any atom is 0.236 e. The number of benzene rings is 1. The minimum atomic E-state index is 0.143. The summed E-state index contributed by atoms with van der Waals surface area (Å²) < 4.78 is 0. The van der Waals surface area contributed by atoms with Crippen LogP contribution in [0.4, 0.5) is 5.69 Å². The first-order valence-electron chi connectivity index (χ1n) is 9.28. The average molecular weight is 414 g/mol. The largest absolute Gasteiger partial charge is 0.378 e. The highest BCUT2D eigenvalue weighted by molar-refractivity contribution is 7.10. The second kappa shape index (κ2) is 9.87. The van der Waals surface area contributed by atoms with Crippen LogP contribution in [0.25, 0.3) is 0 Å². The molecule has 0 spiro atoms. The third kappa shape index (κ3) is 5.92. The summed E-state index contributed by atoms with van der Waals surface area (Å²) in [6.07, 6.45) is 0. The third-order valence-corrected chi connectivity index (χ3v) is 6.30. The van der Waals surface area contributed by atoms with E-state index < -0.39 is 0 Å². The van der Waals surface area contributed by atoms with Gasteiger partial charge < -0.3 is 9.80 Å². The molecule has 0 aliphatic carbocycles. The molecule has 0 saturated heterocycles. The second-order valence-electron chi connectivity index (χ2n) is 7.11. The predicted octanol–water partition coefficient (Wildman–Crippen LogP) is 4.54. The molecule has 3 rings (SSSR count). The van der Waals surface area contributed by atoms with E-state index in [1.54, 1.807) is 22.7 Å². The molecule has 0 radical (unpaired) electrons. The standard InChI is InChI=1S/C22H27N3OS2/c1-23(2)19-10-8-18(9-11-19)14-24(3)22(26)17-25(15-20-6-4-12-27-20)16-21-7-5-13-28-21/h4-13H,14-17H2,1-3H3. The van der Waals surface area contributed by atoms with Crippen molar-refractivity contribution in [2.45, 2.75) is 19.6 Å². The summed E-state index contributed by atoms with van der Waals surface area (Å²) in [4.78, 5) is 21.6. The van der Waals surface area contributed by atoms with E-state index in [1.807, 2.05) is 26.0 Å². The van der Waals surface area contributed by atoms with Crippen molar-refractivity contribution >= 4 is 34.3 Å². The molecule has 6 heteroatoms. The van der Waals surface area contributed by atoms with Gasteiger partial charge >= 0.3 is 0 Å². The zero-order valence-electron chi connectivity index (χ0n) is 16.7. The van der Waals surface area contributed by atoms with Gasteiger partial charge in [-0.1, -0.05) is 24.3 Å². The van der Waals surface area contributed by atoms with E-state index in [4.69, 9.17) is 0 Å². The van der Waals surface area contributed by atoms with Crippen molar-refractivity contribution in [2.75, 3.05) is 32.6 Å². The lowest BCUT2D eigenvalue weighted by molar-refractivity contribution is -0.131. The molecule has 0 bridgehead atoms. The van der Waals surface area contributed by atoms with Crippen LogP contribution in [0.2, 0.25) is 0 Å². The molecule has 0 N–H and O–H groups in total. The van der Waals surface area contributed by atoms with Crippen LogP contribution in [0.3, 0.4) is 0 Å².